The fraction of sp³-hybridized carbons (Fsp3) is 0.308. The Morgan fingerprint density at radius 3 is 2.75 bits per heavy atom. The predicted octanol–water partition coefficient (Wildman–Crippen LogP) is 2.32. The molecule has 0 aliphatic rings. The van der Waals surface area contributed by atoms with E-state index in [1.165, 1.54) is 5.56 Å². The van der Waals surface area contributed by atoms with Gasteiger partial charge in [0.2, 0.25) is 0 Å². The molecule has 1 aromatic rings. The van der Waals surface area contributed by atoms with E-state index in [0.29, 0.717) is 6.61 Å². The van der Waals surface area contributed by atoms with Crippen LogP contribution < -0.4 is 0 Å². The van der Waals surface area contributed by atoms with Crippen LogP contribution in [-0.2, 0) is 20.7 Å². The summed E-state index contributed by atoms with van der Waals surface area (Å²) in [6.07, 6.45) is 3.00. The summed E-state index contributed by atoms with van der Waals surface area (Å²) in [7, 11) is 0. The predicted molar refractivity (Wildman–Crippen MR) is 61.9 cm³/mol. The molecule has 0 spiro atoms. The molecule has 0 atom stereocenters. The van der Waals surface area contributed by atoms with Crippen LogP contribution in [0.4, 0.5) is 0 Å². The molecule has 1 rings (SSSR count). The highest BCUT2D eigenvalue weighted by atomic mass is 16.7. The topological polar surface area (TPSA) is 35.5 Å². The van der Waals surface area contributed by atoms with E-state index in [-0.39, 0.29) is 6.79 Å². The molecular weight excluding hydrogens is 204 g/mol. The van der Waals surface area contributed by atoms with Crippen molar-refractivity contribution < 1.29 is 14.3 Å². The third-order valence-electron chi connectivity index (χ3n) is 2.05. The second-order valence-electron chi connectivity index (χ2n) is 3.28. The summed E-state index contributed by atoms with van der Waals surface area (Å²) < 4.78 is 9.80. The summed E-state index contributed by atoms with van der Waals surface area (Å²) in [6, 6.07) is 10.2. The minimum atomic E-state index is -0.456. The molecule has 0 N–H and O–H groups in total. The second kappa shape index (κ2) is 7.65. The van der Waals surface area contributed by atoms with Crippen molar-refractivity contribution in [1.29, 1.82) is 0 Å². The van der Waals surface area contributed by atoms with Gasteiger partial charge in [-0.1, -0.05) is 36.9 Å². The molecule has 1 aromatic carbocycles. The van der Waals surface area contributed by atoms with Gasteiger partial charge in [0, 0.05) is 6.08 Å². The first-order chi connectivity index (χ1) is 7.83. The van der Waals surface area contributed by atoms with Gasteiger partial charge in [0.25, 0.3) is 0 Å². The summed E-state index contributed by atoms with van der Waals surface area (Å²) in [5.74, 6) is -0.456. The number of aryl methyl sites for hydroxylation is 1. The fourth-order valence-electron chi connectivity index (χ4n) is 1.24. The Labute approximate surface area is 95.7 Å². The minimum Gasteiger partial charge on any atom is -0.435 e. The van der Waals surface area contributed by atoms with E-state index in [1.807, 2.05) is 18.2 Å². The molecule has 0 amide bonds. The molecule has 3 nitrogen and oxygen atoms in total. The molecule has 0 aliphatic carbocycles. The Bertz CT molecular complexity index is 319. The number of carbonyl (C=O) groups excluding carboxylic acids is 1. The number of hydrogen-bond donors (Lipinski definition) is 0. The van der Waals surface area contributed by atoms with Gasteiger partial charge in [0.15, 0.2) is 6.79 Å². The van der Waals surface area contributed by atoms with Crippen molar-refractivity contribution in [3.8, 4) is 0 Å². The van der Waals surface area contributed by atoms with Crippen molar-refractivity contribution in [3.05, 3.63) is 48.6 Å². The van der Waals surface area contributed by atoms with Gasteiger partial charge in [-0.15, -0.1) is 0 Å². The standard InChI is InChI=1S/C13H16O3/c1-2-13(14)16-11-15-10-6-9-12-7-4-3-5-8-12/h2-5,7-8H,1,6,9-11H2. The van der Waals surface area contributed by atoms with Crippen LogP contribution in [0.3, 0.4) is 0 Å². The number of carbonyl (C=O) groups is 1. The third kappa shape index (κ3) is 5.32. The van der Waals surface area contributed by atoms with Gasteiger partial charge in [-0.2, -0.15) is 0 Å². The SMILES string of the molecule is C=CC(=O)OCOCCCc1ccccc1. The summed E-state index contributed by atoms with van der Waals surface area (Å²) in [5.41, 5.74) is 1.29. The van der Waals surface area contributed by atoms with Crippen molar-refractivity contribution in [2.75, 3.05) is 13.4 Å². The Morgan fingerprint density at radius 2 is 2.06 bits per heavy atom. The Hall–Kier alpha value is -1.61. The lowest BCUT2D eigenvalue weighted by atomic mass is 10.1. The molecule has 0 radical (unpaired) electrons. The summed E-state index contributed by atoms with van der Waals surface area (Å²) in [4.78, 5) is 10.6. The number of rotatable bonds is 7. The molecule has 0 saturated heterocycles. The zero-order chi connectivity index (χ0) is 11.6. The normalized spacial score (nSPS) is 9.75. The third-order valence-corrected chi connectivity index (χ3v) is 2.05. The van der Waals surface area contributed by atoms with Gasteiger partial charge in [0.05, 0.1) is 6.61 Å². The van der Waals surface area contributed by atoms with Gasteiger partial charge in [-0.25, -0.2) is 4.79 Å². The highest BCUT2D eigenvalue weighted by Crippen LogP contribution is 2.02. The van der Waals surface area contributed by atoms with E-state index < -0.39 is 5.97 Å². The molecule has 3 heteroatoms. The molecule has 0 fully saturated rings. The number of hydrogen-bond acceptors (Lipinski definition) is 3. The molecular formula is C13H16O3. The summed E-state index contributed by atoms with van der Waals surface area (Å²) in [5, 5.41) is 0. The highest BCUT2D eigenvalue weighted by molar-refractivity contribution is 5.81. The van der Waals surface area contributed by atoms with Gasteiger partial charge < -0.3 is 9.47 Å². The van der Waals surface area contributed by atoms with Crippen molar-refractivity contribution in [2.45, 2.75) is 12.8 Å². The Kier molecular flexibility index (Phi) is 5.96. The van der Waals surface area contributed by atoms with Crippen LogP contribution in [-0.4, -0.2) is 19.4 Å². The fourth-order valence-corrected chi connectivity index (χ4v) is 1.24. The lowest BCUT2D eigenvalue weighted by Crippen LogP contribution is -2.06. The molecule has 0 aliphatic heterocycles. The van der Waals surface area contributed by atoms with E-state index in [2.05, 4.69) is 23.4 Å². The zero-order valence-corrected chi connectivity index (χ0v) is 9.22. The van der Waals surface area contributed by atoms with Crippen LogP contribution in [0.2, 0.25) is 0 Å². The van der Waals surface area contributed by atoms with E-state index in [9.17, 15) is 4.79 Å². The first-order valence-corrected chi connectivity index (χ1v) is 5.24. The highest BCUT2D eigenvalue weighted by Gasteiger charge is 1.95. The van der Waals surface area contributed by atoms with E-state index in [4.69, 9.17) is 4.74 Å². The Balaban J connectivity index is 2.00. The molecule has 16 heavy (non-hydrogen) atoms. The first kappa shape index (κ1) is 12.5. The molecule has 0 unspecified atom stereocenters. The number of ether oxygens (including phenoxy) is 2. The summed E-state index contributed by atoms with van der Waals surface area (Å²) >= 11 is 0. The molecule has 0 bridgehead atoms. The maximum Gasteiger partial charge on any atom is 0.332 e. The van der Waals surface area contributed by atoms with Crippen LogP contribution in [0.25, 0.3) is 0 Å². The lowest BCUT2D eigenvalue weighted by Gasteiger charge is -2.04. The Morgan fingerprint density at radius 1 is 1.31 bits per heavy atom. The molecule has 0 saturated carbocycles. The average Bonchev–Trinajstić information content (AvgIpc) is 2.34. The van der Waals surface area contributed by atoms with Crippen LogP contribution in [0, 0.1) is 0 Å². The minimum absolute atomic E-state index is 0.000354. The van der Waals surface area contributed by atoms with Gasteiger partial charge in [0.1, 0.15) is 0 Å². The quantitative estimate of drug-likeness (QED) is 0.306. The number of esters is 1. The van der Waals surface area contributed by atoms with Crippen LogP contribution in [0.1, 0.15) is 12.0 Å². The average molecular weight is 220 g/mol. The van der Waals surface area contributed by atoms with Crippen LogP contribution in [0.5, 0.6) is 0 Å². The van der Waals surface area contributed by atoms with E-state index in [0.717, 1.165) is 18.9 Å². The van der Waals surface area contributed by atoms with Gasteiger partial charge in [-0.3, -0.25) is 0 Å². The molecule has 0 heterocycles. The van der Waals surface area contributed by atoms with Crippen molar-refractivity contribution in [3.63, 3.8) is 0 Å². The van der Waals surface area contributed by atoms with Crippen molar-refractivity contribution in [2.24, 2.45) is 0 Å². The largest absolute Gasteiger partial charge is 0.435 e. The van der Waals surface area contributed by atoms with Crippen LogP contribution in [0.15, 0.2) is 43.0 Å². The van der Waals surface area contributed by atoms with E-state index >= 15 is 0 Å². The van der Waals surface area contributed by atoms with Gasteiger partial charge >= 0.3 is 5.97 Å². The summed E-state index contributed by atoms with van der Waals surface area (Å²) in [6.45, 7) is 3.87. The van der Waals surface area contributed by atoms with Gasteiger partial charge in [-0.05, 0) is 18.4 Å². The second-order valence-corrected chi connectivity index (χ2v) is 3.28. The first-order valence-electron chi connectivity index (χ1n) is 5.24. The zero-order valence-electron chi connectivity index (χ0n) is 9.22. The molecule has 0 aromatic heterocycles. The van der Waals surface area contributed by atoms with Crippen LogP contribution >= 0.6 is 0 Å². The van der Waals surface area contributed by atoms with E-state index in [1.54, 1.807) is 0 Å². The lowest BCUT2D eigenvalue weighted by molar-refractivity contribution is -0.150. The molecule has 86 valence electrons. The van der Waals surface area contributed by atoms with Crippen molar-refractivity contribution in [1.82, 2.24) is 0 Å². The smallest absolute Gasteiger partial charge is 0.332 e. The maximum atomic E-state index is 10.6. The van der Waals surface area contributed by atoms with Crippen molar-refractivity contribution >= 4 is 5.97 Å². The maximum absolute atomic E-state index is 10.6. The number of benzene rings is 1. The monoisotopic (exact) mass is 220 g/mol.